The van der Waals surface area contributed by atoms with Gasteiger partial charge in [0, 0.05) is 25.1 Å². The van der Waals surface area contributed by atoms with Gasteiger partial charge in [-0.2, -0.15) is 0 Å². The van der Waals surface area contributed by atoms with Crippen molar-refractivity contribution in [3.63, 3.8) is 0 Å². The van der Waals surface area contributed by atoms with Gasteiger partial charge >= 0.3 is 0 Å². The van der Waals surface area contributed by atoms with Gasteiger partial charge in [-0.25, -0.2) is 9.97 Å². The van der Waals surface area contributed by atoms with Crippen molar-refractivity contribution in [1.29, 1.82) is 0 Å². The molecule has 1 aromatic rings. The van der Waals surface area contributed by atoms with Gasteiger partial charge in [0.1, 0.15) is 23.5 Å². The molecule has 1 aliphatic heterocycles. The summed E-state index contributed by atoms with van der Waals surface area (Å²) in [4.78, 5) is 22.3. The minimum Gasteiger partial charge on any atom is -0.384 e. The van der Waals surface area contributed by atoms with Crippen molar-refractivity contribution in [2.75, 3.05) is 23.7 Å². The number of anilines is 2. The maximum Gasteiger partial charge on any atom is 0.242 e. The van der Waals surface area contributed by atoms with E-state index in [1.165, 1.54) is 0 Å². The highest BCUT2D eigenvalue weighted by atomic mass is 16.2. The van der Waals surface area contributed by atoms with Crippen LogP contribution in [0.4, 0.5) is 11.6 Å². The lowest BCUT2D eigenvalue weighted by molar-refractivity contribution is -0.122. The first-order valence-corrected chi connectivity index (χ1v) is 6.18. The Morgan fingerprint density at radius 1 is 1.50 bits per heavy atom. The lowest BCUT2D eigenvalue weighted by Gasteiger charge is -2.34. The van der Waals surface area contributed by atoms with Crippen molar-refractivity contribution in [2.24, 2.45) is 0 Å². The van der Waals surface area contributed by atoms with Crippen LogP contribution >= 0.6 is 0 Å². The van der Waals surface area contributed by atoms with Gasteiger partial charge in [0.15, 0.2) is 0 Å². The molecule has 0 radical (unpaired) electrons. The van der Waals surface area contributed by atoms with Gasteiger partial charge in [0.25, 0.3) is 0 Å². The summed E-state index contributed by atoms with van der Waals surface area (Å²) in [6, 6.07) is 1.49. The number of hydrogen-bond acceptors (Lipinski definition) is 5. The lowest BCUT2D eigenvalue weighted by atomic mass is 10.2. The molecule has 6 nitrogen and oxygen atoms in total. The highest BCUT2D eigenvalue weighted by Gasteiger charge is 2.27. The third-order valence-electron chi connectivity index (χ3n) is 3.06. The molecule has 0 spiro atoms. The second-order valence-electron chi connectivity index (χ2n) is 4.82. The summed E-state index contributed by atoms with van der Waals surface area (Å²) < 4.78 is 0. The maximum absolute atomic E-state index is 11.7. The molecule has 2 heterocycles. The Labute approximate surface area is 107 Å². The largest absolute Gasteiger partial charge is 0.384 e. The molecule has 1 fully saturated rings. The molecule has 0 bridgehead atoms. The number of piperazine rings is 1. The Kier molecular flexibility index (Phi) is 3.36. The average molecular weight is 249 g/mol. The number of nitrogens with one attached hydrogen (secondary N) is 1. The smallest absolute Gasteiger partial charge is 0.242 e. The number of carbonyl (C=O) groups excluding carboxylic acids is 1. The van der Waals surface area contributed by atoms with Crippen LogP contribution in [0.2, 0.25) is 0 Å². The third kappa shape index (κ3) is 2.37. The predicted octanol–water partition coefficient (Wildman–Crippen LogP) is 0.507. The molecule has 1 aromatic heterocycles. The van der Waals surface area contributed by atoms with Gasteiger partial charge in [-0.05, 0) is 6.92 Å². The molecule has 2 rings (SSSR count). The summed E-state index contributed by atoms with van der Waals surface area (Å²) in [7, 11) is 0. The molecular weight excluding hydrogens is 230 g/mol. The van der Waals surface area contributed by atoms with Gasteiger partial charge in [-0.1, -0.05) is 13.8 Å². The van der Waals surface area contributed by atoms with Crippen LogP contribution in [0.25, 0.3) is 0 Å². The van der Waals surface area contributed by atoms with Gasteiger partial charge in [0.05, 0.1) is 0 Å². The summed E-state index contributed by atoms with van der Waals surface area (Å²) in [5.41, 5.74) is 5.81. The van der Waals surface area contributed by atoms with Crippen LogP contribution in [0.15, 0.2) is 6.07 Å². The zero-order chi connectivity index (χ0) is 13.3. The molecular formula is C12H19N5O. The second-order valence-corrected chi connectivity index (χ2v) is 4.82. The van der Waals surface area contributed by atoms with Crippen LogP contribution in [0.3, 0.4) is 0 Å². The van der Waals surface area contributed by atoms with Crippen molar-refractivity contribution >= 4 is 17.5 Å². The van der Waals surface area contributed by atoms with E-state index in [2.05, 4.69) is 15.3 Å². The summed E-state index contributed by atoms with van der Waals surface area (Å²) in [6.45, 7) is 7.27. The molecule has 1 amide bonds. The van der Waals surface area contributed by atoms with E-state index >= 15 is 0 Å². The molecule has 1 aliphatic rings. The van der Waals surface area contributed by atoms with Gasteiger partial charge in [-0.3, -0.25) is 4.79 Å². The summed E-state index contributed by atoms with van der Waals surface area (Å²) >= 11 is 0. The highest BCUT2D eigenvalue weighted by molar-refractivity contribution is 5.85. The third-order valence-corrected chi connectivity index (χ3v) is 3.06. The zero-order valence-corrected chi connectivity index (χ0v) is 11.0. The monoisotopic (exact) mass is 249 g/mol. The molecule has 1 saturated heterocycles. The SMILES string of the molecule is CC(C)c1nc(N)cc(N2CCNC(=O)C2C)n1. The van der Waals surface area contributed by atoms with E-state index in [9.17, 15) is 4.79 Å². The minimum atomic E-state index is -0.229. The Hall–Kier alpha value is -1.85. The van der Waals surface area contributed by atoms with Gasteiger partial charge in [0.2, 0.25) is 5.91 Å². The Balaban J connectivity index is 2.35. The van der Waals surface area contributed by atoms with Crippen LogP contribution in [-0.2, 0) is 4.79 Å². The molecule has 18 heavy (non-hydrogen) atoms. The molecule has 0 aromatic carbocycles. The molecule has 6 heteroatoms. The average Bonchev–Trinajstić information content (AvgIpc) is 2.31. The Bertz CT molecular complexity index is 460. The lowest BCUT2D eigenvalue weighted by Crippen LogP contribution is -2.54. The molecule has 0 aliphatic carbocycles. The highest BCUT2D eigenvalue weighted by Crippen LogP contribution is 2.21. The number of nitrogens with zero attached hydrogens (tertiary/aromatic N) is 3. The number of aromatic nitrogens is 2. The first-order valence-electron chi connectivity index (χ1n) is 6.18. The van der Waals surface area contributed by atoms with E-state index in [1.54, 1.807) is 6.07 Å². The molecule has 1 unspecified atom stereocenters. The zero-order valence-electron chi connectivity index (χ0n) is 11.0. The number of amides is 1. The fraction of sp³-hybridized carbons (Fsp3) is 0.583. The Morgan fingerprint density at radius 3 is 2.89 bits per heavy atom. The standard InChI is InChI=1S/C12H19N5O/c1-7(2)11-15-9(13)6-10(16-11)17-5-4-14-12(18)8(17)3/h6-8H,4-5H2,1-3H3,(H,14,18)(H2,13,15,16). The van der Waals surface area contributed by atoms with Crippen molar-refractivity contribution in [3.05, 3.63) is 11.9 Å². The van der Waals surface area contributed by atoms with E-state index in [0.717, 1.165) is 12.4 Å². The fourth-order valence-corrected chi connectivity index (χ4v) is 1.97. The number of nitrogen functional groups attached to an aromatic ring is 1. The van der Waals surface area contributed by atoms with Crippen LogP contribution in [0, 0.1) is 0 Å². The number of hydrogen-bond donors (Lipinski definition) is 2. The summed E-state index contributed by atoms with van der Waals surface area (Å²) in [5, 5.41) is 2.83. The first kappa shape index (κ1) is 12.6. The van der Waals surface area contributed by atoms with Crippen molar-refractivity contribution < 1.29 is 4.79 Å². The van der Waals surface area contributed by atoms with Gasteiger partial charge < -0.3 is 16.0 Å². The van der Waals surface area contributed by atoms with Crippen LogP contribution in [0.5, 0.6) is 0 Å². The number of rotatable bonds is 2. The predicted molar refractivity (Wildman–Crippen MR) is 70.4 cm³/mol. The van der Waals surface area contributed by atoms with Crippen LogP contribution in [0.1, 0.15) is 32.5 Å². The number of nitrogens with two attached hydrogens (primary N) is 1. The fourth-order valence-electron chi connectivity index (χ4n) is 1.97. The molecule has 3 N–H and O–H groups in total. The number of carbonyl (C=O) groups is 1. The maximum atomic E-state index is 11.7. The van der Waals surface area contributed by atoms with Crippen LogP contribution in [-0.4, -0.2) is 35.0 Å². The Morgan fingerprint density at radius 2 is 2.22 bits per heavy atom. The molecule has 1 atom stereocenters. The second kappa shape index (κ2) is 4.80. The topological polar surface area (TPSA) is 84.1 Å². The van der Waals surface area contributed by atoms with Crippen molar-refractivity contribution in [1.82, 2.24) is 15.3 Å². The molecule has 98 valence electrons. The van der Waals surface area contributed by atoms with E-state index in [-0.39, 0.29) is 17.9 Å². The summed E-state index contributed by atoms with van der Waals surface area (Å²) in [6.07, 6.45) is 0. The van der Waals surface area contributed by atoms with Gasteiger partial charge in [-0.15, -0.1) is 0 Å². The van der Waals surface area contributed by atoms with Crippen molar-refractivity contribution in [3.8, 4) is 0 Å². The quantitative estimate of drug-likeness (QED) is 0.797. The van der Waals surface area contributed by atoms with E-state index < -0.39 is 0 Å². The van der Waals surface area contributed by atoms with E-state index in [1.807, 2.05) is 25.7 Å². The van der Waals surface area contributed by atoms with E-state index in [4.69, 9.17) is 5.73 Å². The van der Waals surface area contributed by atoms with E-state index in [0.29, 0.717) is 18.2 Å². The normalized spacial score (nSPS) is 20.1. The molecule has 0 saturated carbocycles. The minimum absolute atomic E-state index is 0.0181. The van der Waals surface area contributed by atoms with Crippen molar-refractivity contribution in [2.45, 2.75) is 32.7 Å². The summed E-state index contributed by atoms with van der Waals surface area (Å²) in [5.74, 6) is 2.12. The van der Waals surface area contributed by atoms with Crippen LogP contribution < -0.4 is 16.0 Å². The first-order chi connectivity index (χ1) is 8.49.